The second-order valence-electron chi connectivity index (χ2n) is 4.32. The van der Waals surface area contributed by atoms with Gasteiger partial charge in [0.15, 0.2) is 0 Å². The number of amides is 1. The number of methoxy groups -OCH3 is 1. The Bertz CT molecular complexity index is 365. The lowest BCUT2D eigenvalue weighted by molar-refractivity contribution is -0.121. The Morgan fingerprint density at radius 2 is 2.32 bits per heavy atom. The lowest BCUT2D eigenvalue weighted by Crippen LogP contribution is -2.30. The molecule has 0 unspecified atom stereocenters. The molecule has 0 aliphatic heterocycles. The van der Waals surface area contributed by atoms with Gasteiger partial charge in [-0.05, 0) is 12.5 Å². The molecule has 0 aliphatic rings. The molecule has 1 aromatic rings. The third-order valence-electron chi connectivity index (χ3n) is 2.70. The van der Waals surface area contributed by atoms with E-state index in [0.29, 0.717) is 26.1 Å². The van der Waals surface area contributed by atoms with Gasteiger partial charge in [0.2, 0.25) is 5.91 Å². The molecule has 0 aromatic carbocycles. The summed E-state index contributed by atoms with van der Waals surface area (Å²) in [6.07, 6.45) is 3.35. The highest BCUT2D eigenvalue weighted by Crippen LogP contribution is 1.99. The lowest BCUT2D eigenvalue weighted by atomic mass is 10.3. The highest BCUT2D eigenvalue weighted by Gasteiger charge is 2.02. The van der Waals surface area contributed by atoms with Crippen LogP contribution >= 0.6 is 0 Å². The standard InChI is InChI=1S/C13H24N4O2/c1-3-9-17-12(4-7-16-17)11-14-6-5-13(18)15-8-10-19-2/h4,7,14H,3,5-6,8-11H2,1-2H3,(H,15,18). The van der Waals surface area contributed by atoms with E-state index in [-0.39, 0.29) is 5.91 Å². The van der Waals surface area contributed by atoms with Gasteiger partial charge in [0.05, 0.1) is 12.3 Å². The summed E-state index contributed by atoms with van der Waals surface area (Å²) in [6, 6.07) is 2.00. The van der Waals surface area contributed by atoms with Gasteiger partial charge in [0, 0.05) is 45.9 Å². The third kappa shape index (κ3) is 6.35. The molecule has 2 N–H and O–H groups in total. The molecule has 0 saturated carbocycles. The normalized spacial score (nSPS) is 10.6. The maximum atomic E-state index is 11.4. The first kappa shape index (κ1) is 15.7. The van der Waals surface area contributed by atoms with Crippen LogP contribution in [0.5, 0.6) is 0 Å². The maximum Gasteiger partial charge on any atom is 0.221 e. The Kier molecular flexibility index (Phi) is 7.84. The van der Waals surface area contributed by atoms with Crippen LogP contribution in [0.25, 0.3) is 0 Å². The van der Waals surface area contributed by atoms with Gasteiger partial charge in [-0.1, -0.05) is 6.92 Å². The van der Waals surface area contributed by atoms with E-state index in [9.17, 15) is 4.79 Å². The predicted octanol–water partition coefficient (Wildman–Crippen LogP) is 0.535. The number of nitrogens with zero attached hydrogens (tertiary/aromatic N) is 2. The third-order valence-corrected chi connectivity index (χ3v) is 2.70. The van der Waals surface area contributed by atoms with Gasteiger partial charge in [-0.3, -0.25) is 9.48 Å². The molecule has 0 fully saturated rings. The van der Waals surface area contributed by atoms with Gasteiger partial charge < -0.3 is 15.4 Å². The minimum atomic E-state index is 0.0478. The number of aromatic nitrogens is 2. The molecule has 0 spiro atoms. The average Bonchev–Trinajstić information content (AvgIpc) is 2.83. The number of carbonyl (C=O) groups excluding carboxylic acids is 1. The van der Waals surface area contributed by atoms with Crippen LogP contribution in [0, 0.1) is 0 Å². The molecular formula is C13H24N4O2. The fourth-order valence-electron chi connectivity index (χ4n) is 1.72. The quantitative estimate of drug-likeness (QED) is 0.608. The van der Waals surface area contributed by atoms with E-state index in [2.05, 4.69) is 22.7 Å². The van der Waals surface area contributed by atoms with Crippen LogP contribution in [-0.4, -0.2) is 42.5 Å². The summed E-state index contributed by atoms with van der Waals surface area (Å²) in [5, 5.41) is 10.3. The zero-order valence-electron chi connectivity index (χ0n) is 11.8. The summed E-state index contributed by atoms with van der Waals surface area (Å²) in [4.78, 5) is 11.4. The van der Waals surface area contributed by atoms with E-state index in [1.54, 1.807) is 7.11 Å². The number of nitrogens with one attached hydrogen (secondary N) is 2. The topological polar surface area (TPSA) is 68.2 Å². The van der Waals surface area contributed by atoms with Crippen molar-refractivity contribution < 1.29 is 9.53 Å². The van der Waals surface area contributed by atoms with E-state index >= 15 is 0 Å². The number of hydrogen-bond acceptors (Lipinski definition) is 4. The van der Waals surface area contributed by atoms with Crippen LogP contribution in [0.1, 0.15) is 25.5 Å². The molecule has 1 rings (SSSR count). The minimum absolute atomic E-state index is 0.0478. The van der Waals surface area contributed by atoms with Gasteiger partial charge in [-0.2, -0.15) is 5.10 Å². The summed E-state index contributed by atoms with van der Waals surface area (Å²) in [7, 11) is 1.62. The first-order chi connectivity index (χ1) is 9.27. The maximum absolute atomic E-state index is 11.4. The van der Waals surface area contributed by atoms with Gasteiger partial charge in [-0.15, -0.1) is 0 Å². The van der Waals surface area contributed by atoms with Crippen molar-refractivity contribution in [3.05, 3.63) is 18.0 Å². The second kappa shape index (κ2) is 9.52. The fourth-order valence-corrected chi connectivity index (χ4v) is 1.72. The molecular weight excluding hydrogens is 244 g/mol. The number of rotatable bonds is 10. The van der Waals surface area contributed by atoms with Crippen molar-refractivity contribution in [3.8, 4) is 0 Å². The van der Waals surface area contributed by atoms with E-state index in [4.69, 9.17) is 4.74 Å². The Balaban J connectivity index is 2.13. The fraction of sp³-hybridized carbons (Fsp3) is 0.692. The number of hydrogen-bond donors (Lipinski definition) is 2. The molecule has 0 aliphatic carbocycles. The molecule has 0 radical (unpaired) electrons. The van der Waals surface area contributed by atoms with Crippen molar-refractivity contribution in [2.24, 2.45) is 0 Å². The summed E-state index contributed by atoms with van der Waals surface area (Å²) in [5.74, 6) is 0.0478. The number of aryl methyl sites for hydroxylation is 1. The number of ether oxygens (including phenoxy) is 1. The monoisotopic (exact) mass is 268 g/mol. The molecule has 0 bridgehead atoms. The van der Waals surface area contributed by atoms with Crippen LogP contribution in [-0.2, 0) is 22.6 Å². The van der Waals surface area contributed by atoms with Gasteiger partial charge >= 0.3 is 0 Å². The Morgan fingerprint density at radius 3 is 3.05 bits per heavy atom. The zero-order chi connectivity index (χ0) is 13.9. The lowest BCUT2D eigenvalue weighted by Gasteiger charge is -2.08. The zero-order valence-corrected chi connectivity index (χ0v) is 11.8. The molecule has 0 saturated heterocycles. The van der Waals surface area contributed by atoms with Crippen molar-refractivity contribution in [2.45, 2.75) is 32.9 Å². The molecule has 1 heterocycles. The van der Waals surface area contributed by atoms with Crippen LogP contribution in [0.2, 0.25) is 0 Å². The summed E-state index contributed by atoms with van der Waals surface area (Å²) in [6.45, 7) is 5.58. The van der Waals surface area contributed by atoms with Crippen molar-refractivity contribution in [3.63, 3.8) is 0 Å². The van der Waals surface area contributed by atoms with Crippen LogP contribution in [0.15, 0.2) is 12.3 Å². The number of carbonyl (C=O) groups is 1. The minimum Gasteiger partial charge on any atom is -0.383 e. The van der Waals surface area contributed by atoms with Gasteiger partial charge in [0.1, 0.15) is 0 Å². The highest BCUT2D eigenvalue weighted by atomic mass is 16.5. The molecule has 1 amide bonds. The molecule has 108 valence electrons. The molecule has 6 nitrogen and oxygen atoms in total. The van der Waals surface area contributed by atoms with E-state index in [1.807, 2.05) is 16.9 Å². The van der Waals surface area contributed by atoms with Gasteiger partial charge in [0.25, 0.3) is 0 Å². The predicted molar refractivity (Wildman–Crippen MR) is 73.7 cm³/mol. The van der Waals surface area contributed by atoms with Crippen molar-refractivity contribution in [2.75, 3.05) is 26.8 Å². The first-order valence-corrected chi connectivity index (χ1v) is 6.75. The van der Waals surface area contributed by atoms with Crippen molar-refractivity contribution in [1.29, 1.82) is 0 Å². The molecule has 6 heteroatoms. The SMILES string of the molecule is CCCn1nccc1CNCCC(=O)NCCOC. The highest BCUT2D eigenvalue weighted by molar-refractivity contribution is 5.75. The van der Waals surface area contributed by atoms with Crippen LogP contribution in [0.4, 0.5) is 0 Å². The van der Waals surface area contributed by atoms with E-state index in [1.165, 1.54) is 0 Å². The Labute approximate surface area is 114 Å². The first-order valence-electron chi connectivity index (χ1n) is 6.75. The Morgan fingerprint density at radius 1 is 1.47 bits per heavy atom. The average molecular weight is 268 g/mol. The summed E-state index contributed by atoms with van der Waals surface area (Å²) < 4.78 is 6.85. The van der Waals surface area contributed by atoms with Gasteiger partial charge in [-0.25, -0.2) is 0 Å². The Hall–Kier alpha value is -1.40. The van der Waals surface area contributed by atoms with Crippen LogP contribution in [0.3, 0.4) is 0 Å². The second-order valence-corrected chi connectivity index (χ2v) is 4.32. The summed E-state index contributed by atoms with van der Waals surface area (Å²) in [5.41, 5.74) is 1.15. The molecule has 19 heavy (non-hydrogen) atoms. The molecule has 0 atom stereocenters. The summed E-state index contributed by atoms with van der Waals surface area (Å²) >= 11 is 0. The van der Waals surface area contributed by atoms with E-state index < -0.39 is 0 Å². The van der Waals surface area contributed by atoms with Crippen molar-refractivity contribution in [1.82, 2.24) is 20.4 Å². The van der Waals surface area contributed by atoms with E-state index in [0.717, 1.165) is 25.2 Å². The smallest absolute Gasteiger partial charge is 0.221 e. The van der Waals surface area contributed by atoms with Crippen molar-refractivity contribution >= 4 is 5.91 Å². The van der Waals surface area contributed by atoms with Crippen LogP contribution < -0.4 is 10.6 Å². The molecule has 1 aromatic heterocycles. The largest absolute Gasteiger partial charge is 0.383 e.